The monoisotopic (exact) mass is 232 g/mol. The van der Waals surface area contributed by atoms with Crippen LogP contribution in [0.1, 0.15) is 12.0 Å². The maximum atomic E-state index is 11.9. The van der Waals surface area contributed by atoms with Gasteiger partial charge in [-0.05, 0) is 24.1 Å². The van der Waals surface area contributed by atoms with E-state index in [0.29, 0.717) is 5.88 Å². The third-order valence-corrected chi connectivity index (χ3v) is 1.89. The minimum absolute atomic E-state index is 0.165. The maximum Gasteiger partial charge on any atom is 0.387 e. The number of halogens is 3. The molecule has 0 fully saturated rings. The van der Waals surface area contributed by atoms with Gasteiger partial charge in [-0.1, -0.05) is 24.3 Å². The van der Waals surface area contributed by atoms with Crippen LogP contribution >= 0.6 is 11.6 Å². The Morgan fingerprint density at radius 1 is 1.40 bits per heavy atom. The second kappa shape index (κ2) is 6.40. The lowest BCUT2D eigenvalue weighted by molar-refractivity contribution is -0.0498. The largest absolute Gasteiger partial charge is 0.435 e. The molecule has 0 aliphatic rings. The van der Waals surface area contributed by atoms with Crippen molar-refractivity contribution in [2.45, 2.75) is 13.0 Å². The highest BCUT2D eigenvalue weighted by atomic mass is 35.5. The number of rotatable bonds is 5. The standard InChI is InChI=1S/C11H11ClF2O/c12-7-2-1-4-9-5-3-6-10(8-9)15-11(13)14/h1,3-6,8,11H,2,7H2. The smallest absolute Gasteiger partial charge is 0.387 e. The number of hydrogen-bond donors (Lipinski definition) is 0. The number of ether oxygens (including phenoxy) is 1. The summed E-state index contributed by atoms with van der Waals surface area (Å²) in [5, 5.41) is 0. The molecule has 1 nitrogen and oxygen atoms in total. The second-order valence-electron chi connectivity index (χ2n) is 2.83. The average Bonchev–Trinajstić information content (AvgIpc) is 2.18. The van der Waals surface area contributed by atoms with Crippen molar-refractivity contribution in [2.24, 2.45) is 0 Å². The zero-order chi connectivity index (χ0) is 11.1. The number of benzene rings is 1. The first kappa shape index (κ1) is 12.0. The first-order valence-electron chi connectivity index (χ1n) is 4.50. The first-order valence-corrected chi connectivity index (χ1v) is 5.03. The molecule has 0 saturated heterocycles. The van der Waals surface area contributed by atoms with Gasteiger partial charge in [-0.2, -0.15) is 8.78 Å². The summed E-state index contributed by atoms with van der Waals surface area (Å²) in [6.45, 7) is -2.79. The van der Waals surface area contributed by atoms with Crippen molar-refractivity contribution < 1.29 is 13.5 Å². The van der Waals surface area contributed by atoms with Gasteiger partial charge in [0.05, 0.1) is 0 Å². The Kier molecular flexibility index (Phi) is 5.12. The lowest BCUT2D eigenvalue weighted by Gasteiger charge is -2.04. The third-order valence-electron chi connectivity index (χ3n) is 1.67. The molecule has 0 bridgehead atoms. The van der Waals surface area contributed by atoms with Crippen LogP contribution < -0.4 is 4.74 Å². The molecule has 1 rings (SSSR count). The normalized spacial score (nSPS) is 11.2. The van der Waals surface area contributed by atoms with Gasteiger partial charge < -0.3 is 4.74 Å². The van der Waals surface area contributed by atoms with Crippen molar-refractivity contribution in [1.29, 1.82) is 0 Å². The zero-order valence-electron chi connectivity index (χ0n) is 8.00. The van der Waals surface area contributed by atoms with E-state index in [1.807, 2.05) is 18.2 Å². The molecule has 0 aliphatic heterocycles. The molecule has 0 saturated carbocycles. The van der Waals surface area contributed by atoms with Gasteiger partial charge in [0, 0.05) is 5.88 Å². The lowest BCUT2D eigenvalue weighted by atomic mass is 10.2. The Hall–Kier alpha value is -1.09. The van der Waals surface area contributed by atoms with E-state index in [2.05, 4.69) is 4.74 Å². The van der Waals surface area contributed by atoms with Crippen molar-refractivity contribution >= 4 is 17.7 Å². The van der Waals surface area contributed by atoms with Crippen molar-refractivity contribution in [3.05, 3.63) is 35.9 Å². The van der Waals surface area contributed by atoms with E-state index in [9.17, 15) is 8.78 Å². The molecule has 0 atom stereocenters. The van der Waals surface area contributed by atoms with E-state index in [1.165, 1.54) is 6.07 Å². The van der Waals surface area contributed by atoms with Crippen LogP contribution in [0.4, 0.5) is 8.78 Å². The van der Waals surface area contributed by atoms with E-state index in [0.717, 1.165) is 12.0 Å². The molecule has 1 aromatic carbocycles. The van der Waals surface area contributed by atoms with Crippen LogP contribution in [0.3, 0.4) is 0 Å². The van der Waals surface area contributed by atoms with Gasteiger partial charge in [-0.15, -0.1) is 11.6 Å². The molecule has 82 valence electrons. The predicted molar refractivity (Wildman–Crippen MR) is 57.4 cm³/mol. The molecule has 0 heterocycles. The van der Waals surface area contributed by atoms with Gasteiger partial charge in [0.1, 0.15) is 5.75 Å². The van der Waals surface area contributed by atoms with E-state index < -0.39 is 6.61 Å². The highest BCUT2D eigenvalue weighted by Gasteiger charge is 2.03. The van der Waals surface area contributed by atoms with Crippen LogP contribution in [0, 0.1) is 0 Å². The summed E-state index contributed by atoms with van der Waals surface area (Å²) in [6, 6.07) is 6.52. The van der Waals surface area contributed by atoms with Crippen molar-refractivity contribution in [3.63, 3.8) is 0 Å². The Bertz CT molecular complexity index is 326. The third kappa shape index (κ3) is 4.79. The molecule has 0 spiro atoms. The Morgan fingerprint density at radius 2 is 2.20 bits per heavy atom. The topological polar surface area (TPSA) is 9.23 Å². The molecule has 0 amide bonds. The summed E-state index contributed by atoms with van der Waals surface area (Å²) >= 11 is 5.49. The van der Waals surface area contributed by atoms with Crippen LogP contribution in [0.5, 0.6) is 5.75 Å². The van der Waals surface area contributed by atoms with Crippen LogP contribution in [-0.2, 0) is 0 Å². The zero-order valence-corrected chi connectivity index (χ0v) is 8.75. The summed E-state index contributed by atoms with van der Waals surface area (Å²) in [5.41, 5.74) is 0.818. The van der Waals surface area contributed by atoms with E-state index in [1.54, 1.807) is 12.1 Å². The van der Waals surface area contributed by atoms with E-state index >= 15 is 0 Å². The van der Waals surface area contributed by atoms with E-state index in [4.69, 9.17) is 11.6 Å². The summed E-state index contributed by atoms with van der Waals surface area (Å²) in [7, 11) is 0. The molecular weight excluding hydrogens is 222 g/mol. The van der Waals surface area contributed by atoms with Gasteiger partial charge in [-0.25, -0.2) is 0 Å². The summed E-state index contributed by atoms with van der Waals surface area (Å²) in [4.78, 5) is 0. The van der Waals surface area contributed by atoms with Gasteiger partial charge >= 0.3 is 6.61 Å². The molecular formula is C11H11ClF2O. The Balaban J connectivity index is 2.65. The van der Waals surface area contributed by atoms with Crippen molar-refractivity contribution in [2.75, 3.05) is 5.88 Å². The predicted octanol–water partition coefficient (Wildman–Crippen LogP) is 3.93. The van der Waals surface area contributed by atoms with Gasteiger partial charge in [0.25, 0.3) is 0 Å². The van der Waals surface area contributed by atoms with Gasteiger partial charge in [0.2, 0.25) is 0 Å². The minimum Gasteiger partial charge on any atom is -0.435 e. The molecule has 0 aliphatic carbocycles. The SMILES string of the molecule is FC(F)Oc1cccc(C=CCCCl)c1. The highest BCUT2D eigenvalue weighted by Crippen LogP contribution is 2.16. The quantitative estimate of drug-likeness (QED) is 0.699. The fourth-order valence-electron chi connectivity index (χ4n) is 1.08. The second-order valence-corrected chi connectivity index (χ2v) is 3.21. The van der Waals surface area contributed by atoms with Crippen LogP contribution in [0.25, 0.3) is 6.08 Å². The fraction of sp³-hybridized carbons (Fsp3) is 0.273. The molecule has 1 aromatic rings. The van der Waals surface area contributed by atoms with Gasteiger partial charge in [0.15, 0.2) is 0 Å². The van der Waals surface area contributed by atoms with Crippen LogP contribution in [0.2, 0.25) is 0 Å². The first-order chi connectivity index (χ1) is 7.22. The highest BCUT2D eigenvalue weighted by molar-refractivity contribution is 6.17. The number of hydrogen-bond acceptors (Lipinski definition) is 1. The molecule has 0 aromatic heterocycles. The maximum absolute atomic E-state index is 11.9. The van der Waals surface area contributed by atoms with Crippen molar-refractivity contribution in [3.8, 4) is 5.75 Å². The van der Waals surface area contributed by atoms with Crippen LogP contribution in [-0.4, -0.2) is 12.5 Å². The minimum atomic E-state index is -2.79. The molecule has 0 N–H and O–H groups in total. The van der Waals surface area contributed by atoms with Crippen molar-refractivity contribution in [1.82, 2.24) is 0 Å². The number of alkyl halides is 3. The summed E-state index contributed by atoms with van der Waals surface area (Å²) in [5.74, 6) is 0.710. The molecule has 15 heavy (non-hydrogen) atoms. The lowest BCUT2D eigenvalue weighted by Crippen LogP contribution is -2.01. The van der Waals surface area contributed by atoms with Crippen LogP contribution in [0.15, 0.2) is 30.3 Å². The number of allylic oxidation sites excluding steroid dienone is 1. The summed E-state index contributed by atoms with van der Waals surface area (Å²) < 4.78 is 28.1. The Morgan fingerprint density at radius 3 is 2.87 bits per heavy atom. The Labute approximate surface area is 92.3 Å². The molecule has 4 heteroatoms. The van der Waals surface area contributed by atoms with E-state index in [-0.39, 0.29) is 5.75 Å². The average molecular weight is 233 g/mol. The summed E-state index contributed by atoms with van der Waals surface area (Å²) in [6.07, 6.45) is 4.46. The molecule has 0 radical (unpaired) electrons. The molecule has 0 unspecified atom stereocenters. The fourth-order valence-corrected chi connectivity index (χ4v) is 1.20. The van der Waals surface area contributed by atoms with Gasteiger partial charge in [-0.3, -0.25) is 0 Å².